The van der Waals surface area contributed by atoms with E-state index >= 15 is 0 Å². The predicted octanol–water partition coefficient (Wildman–Crippen LogP) is 7.59. The van der Waals surface area contributed by atoms with Crippen LogP contribution in [0, 0.1) is 0 Å². The predicted molar refractivity (Wildman–Crippen MR) is 178 cm³/mol. The van der Waals surface area contributed by atoms with Crippen molar-refractivity contribution in [2.45, 2.75) is 71.1 Å². The number of piperazine rings is 1. The zero-order chi connectivity index (χ0) is 30.9. The Morgan fingerprint density at radius 2 is 1.73 bits per heavy atom. The molecule has 0 spiro atoms. The minimum Gasteiger partial charge on any atom is -0.494 e. The van der Waals surface area contributed by atoms with Gasteiger partial charge in [-0.2, -0.15) is 0 Å². The zero-order valence-corrected chi connectivity index (χ0v) is 27.3. The maximum absolute atomic E-state index is 13.1. The van der Waals surface area contributed by atoms with Gasteiger partial charge in [-0.05, 0) is 61.0 Å². The minimum atomic E-state index is -0.741. The summed E-state index contributed by atoms with van der Waals surface area (Å²) >= 11 is 1.81. The highest BCUT2D eigenvalue weighted by atomic mass is 32.1. The van der Waals surface area contributed by atoms with Crippen LogP contribution in [0.3, 0.4) is 0 Å². The maximum Gasteiger partial charge on any atom is 0.510 e. The molecule has 0 bridgehead atoms. The van der Waals surface area contributed by atoms with E-state index in [2.05, 4.69) is 60.2 Å². The average molecular weight is 622 g/mol. The second kappa shape index (κ2) is 15.1. The monoisotopic (exact) mass is 621 g/mol. The first kappa shape index (κ1) is 32.1. The molecule has 1 aromatic heterocycles. The smallest absolute Gasteiger partial charge is 0.494 e. The van der Waals surface area contributed by atoms with Crippen LogP contribution in [-0.2, 0) is 19.7 Å². The topological polar surface area (TPSA) is 71.5 Å². The SMILES string of the molecule is CCCCCCOC(=O)OCN1C(=O)CC(C)(C)c2ccc(OCCCCN3CCN(c4cccc5sccc45)CC3)cc21. The number of unbranched alkanes of at least 4 members (excludes halogenated alkanes) is 4. The van der Waals surface area contributed by atoms with E-state index < -0.39 is 6.16 Å². The number of thiophene rings is 1. The number of hydrogen-bond donors (Lipinski definition) is 0. The van der Waals surface area contributed by atoms with Crippen LogP contribution >= 0.6 is 11.3 Å². The Morgan fingerprint density at radius 3 is 2.55 bits per heavy atom. The van der Waals surface area contributed by atoms with Crippen LogP contribution in [0.25, 0.3) is 10.1 Å². The van der Waals surface area contributed by atoms with Crippen molar-refractivity contribution >= 4 is 44.9 Å². The van der Waals surface area contributed by atoms with Crippen LogP contribution in [0.2, 0.25) is 0 Å². The summed E-state index contributed by atoms with van der Waals surface area (Å²) in [5.74, 6) is 0.636. The van der Waals surface area contributed by atoms with Gasteiger partial charge < -0.3 is 19.1 Å². The fourth-order valence-electron chi connectivity index (χ4n) is 6.18. The Hall–Kier alpha value is -3.30. The van der Waals surface area contributed by atoms with Crippen molar-refractivity contribution in [3.8, 4) is 5.75 Å². The Kier molecular flexibility index (Phi) is 11.0. The number of amides is 1. The molecule has 0 radical (unpaired) electrons. The van der Waals surface area contributed by atoms with Gasteiger partial charge >= 0.3 is 6.16 Å². The van der Waals surface area contributed by atoms with Gasteiger partial charge in [-0.3, -0.25) is 14.6 Å². The zero-order valence-electron chi connectivity index (χ0n) is 26.5. The Labute approximate surface area is 265 Å². The van der Waals surface area contributed by atoms with E-state index in [-0.39, 0.29) is 18.1 Å². The van der Waals surface area contributed by atoms with Crippen molar-refractivity contribution in [2.75, 3.05) is 62.5 Å². The lowest BCUT2D eigenvalue weighted by molar-refractivity contribution is -0.121. The Bertz CT molecular complexity index is 1400. The van der Waals surface area contributed by atoms with E-state index in [0.717, 1.165) is 82.5 Å². The van der Waals surface area contributed by atoms with Crippen molar-refractivity contribution in [1.82, 2.24) is 4.90 Å². The van der Waals surface area contributed by atoms with Crippen molar-refractivity contribution in [1.29, 1.82) is 0 Å². The molecule has 0 aliphatic carbocycles. The standard InChI is InChI=1S/C35H47N3O5S/c1-4-5-6-8-22-42-34(40)43-26-38-31-24-27(13-14-29(31)35(2,3)25-33(38)39)41-21-9-7-16-36-17-19-37(20-18-36)30-11-10-12-32-28(30)15-23-44-32/h10-15,23-24H,4-9,16-22,25-26H2,1-3H3. The van der Waals surface area contributed by atoms with Gasteiger partial charge in [0.15, 0.2) is 6.73 Å². The highest BCUT2D eigenvalue weighted by Gasteiger charge is 2.37. The molecule has 2 aromatic carbocycles. The Balaban J connectivity index is 1.07. The summed E-state index contributed by atoms with van der Waals surface area (Å²) in [7, 11) is 0. The van der Waals surface area contributed by atoms with Crippen molar-refractivity contribution in [2.24, 2.45) is 0 Å². The van der Waals surface area contributed by atoms with Gasteiger partial charge in [0.1, 0.15) is 5.75 Å². The molecular weight excluding hydrogens is 574 g/mol. The molecule has 1 amide bonds. The summed E-state index contributed by atoms with van der Waals surface area (Å²) in [4.78, 5) is 31.8. The van der Waals surface area contributed by atoms with Gasteiger partial charge in [0, 0.05) is 59.9 Å². The molecule has 2 aliphatic rings. The molecule has 1 saturated heterocycles. The van der Waals surface area contributed by atoms with Gasteiger partial charge in [0.2, 0.25) is 5.91 Å². The van der Waals surface area contributed by atoms with E-state index in [1.54, 1.807) is 11.3 Å². The lowest BCUT2D eigenvalue weighted by atomic mass is 9.77. The van der Waals surface area contributed by atoms with E-state index in [4.69, 9.17) is 14.2 Å². The number of benzene rings is 2. The molecule has 0 N–H and O–H groups in total. The van der Waals surface area contributed by atoms with Crippen LogP contribution in [0.1, 0.15) is 71.3 Å². The minimum absolute atomic E-state index is 0.0810. The number of nitrogens with zero attached hydrogens (tertiary/aromatic N) is 3. The first-order valence-electron chi connectivity index (χ1n) is 16.2. The number of fused-ring (bicyclic) bond motifs is 2. The van der Waals surface area contributed by atoms with Crippen molar-refractivity contribution in [3.05, 3.63) is 53.4 Å². The third kappa shape index (κ3) is 8.04. The van der Waals surface area contributed by atoms with E-state index in [1.807, 2.05) is 18.2 Å². The van der Waals surface area contributed by atoms with E-state index in [1.165, 1.54) is 20.7 Å². The van der Waals surface area contributed by atoms with Crippen LogP contribution in [0.15, 0.2) is 47.8 Å². The number of hydrogen-bond acceptors (Lipinski definition) is 8. The summed E-state index contributed by atoms with van der Waals surface area (Å²) < 4.78 is 18.0. The number of carbonyl (C=O) groups is 2. The molecule has 1 fully saturated rings. The molecule has 5 rings (SSSR count). The third-order valence-electron chi connectivity index (χ3n) is 8.74. The largest absolute Gasteiger partial charge is 0.510 e. The number of carbonyl (C=O) groups excluding carboxylic acids is 2. The Morgan fingerprint density at radius 1 is 0.909 bits per heavy atom. The quantitative estimate of drug-likeness (QED) is 0.136. The molecule has 3 heterocycles. The summed E-state index contributed by atoms with van der Waals surface area (Å²) in [6.45, 7) is 12.3. The molecular formula is C35H47N3O5S. The fourth-order valence-corrected chi connectivity index (χ4v) is 6.99. The van der Waals surface area contributed by atoms with Crippen LogP contribution in [0.5, 0.6) is 5.75 Å². The van der Waals surface area contributed by atoms with Gasteiger partial charge in [0.05, 0.1) is 18.9 Å². The van der Waals surface area contributed by atoms with Gasteiger partial charge in [-0.15, -0.1) is 11.3 Å². The number of anilines is 2. The fraction of sp³-hybridized carbons (Fsp3) is 0.543. The first-order chi connectivity index (χ1) is 21.4. The molecule has 0 saturated carbocycles. The number of rotatable bonds is 14. The first-order valence-corrected chi connectivity index (χ1v) is 17.0. The molecule has 238 valence electrons. The summed E-state index contributed by atoms with van der Waals surface area (Å²) in [5.41, 5.74) is 2.81. The molecule has 0 atom stereocenters. The van der Waals surface area contributed by atoms with E-state index in [9.17, 15) is 9.59 Å². The molecule has 8 nitrogen and oxygen atoms in total. The molecule has 2 aliphatic heterocycles. The third-order valence-corrected chi connectivity index (χ3v) is 9.62. The van der Waals surface area contributed by atoms with Crippen LogP contribution < -0.4 is 14.5 Å². The van der Waals surface area contributed by atoms with Crippen molar-refractivity contribution < 1.29 is 23.8 Å². The molecule has 3 aromatic rings. The molecule has 44 heavy (non-hydrogen) atoms. The second-order valence-corrected chi connectivity index (χ2v) is 13.4. The van der Waals surface area contributed by atoms with Crippen LogP contribution in [0.4, 0.5) is 16.2 Å². The lowest BCUT2D eigenvalue weighted by Gasteiger charge is -2.38. The number of ether oxygens (including phenoxy) is 3. The highest BCUT2D eigenvalue weighted by molar-refractivity contribution is 7.17. The summed E-state index contributed by atoms with van der Waals surface area (Å²) in [6, 6.07) is 14.8. The lowest BCUT2D eigenvalue weighted by Crippen LogP contribution is -2.46. The summed E-state index contributed by atoms with van der Waals surface area (Å²) in [6.07, 6.45) is 5.68. The molecule has 9 heteroatoms. The van der Waals surface area contributed by atoms with Gasteiger partial charge in [0.25, 0.3) is 0 Å². The highest BCUT2D eigenvalue weighted by Crippen LogP contribution is 2.42. The second-order valence-electron chi connectivity index (χ2n) is 12.5. The maximum atomic E-state index is 13.1. The normalized spacial score (nSPS) is 16.7. The van der Waals surface area contributed by atoms with Crippen molar-refractivity contribution in [3.63, 3.8) is 0 Å². The molecule has 0 unspecified atom stereocenters. The van der Waals surface area contributed by atoms with Gasteiger partial charge in [-0.25, -0.2) is 4.79 Å². The van der Waals surface area contributed by atoms with Gasteiger partial charge in [-0.1, -0.05) is 52.2 Å². The van der Waals surface area contributed by atoms with E-state index in [0.29, 0.717) is 25.4 Å². The average Bonchev–Trinajstić information content (AvgIpc) is 3.50. The summed E-state index contributed by atoms with van der Waals surface area (Å²) in [5, 5.41) is 3.54. The van der Waals surface area contributed by atoms with Crippen LogP contribution in [-0.4, -0.2) is 69.6 Å².